The van der Waals surface area contributed by atoms with E-state index >= 15 is 0 Å². The number of hydrogen-bond acceptors (Lipinski definition) is 3. The molecule has 0 fully saturated rings. The van der Waals surface area contributed by atoms with Crippen LogP contribution < -0.4 is 4.74 Å². The van der Waals surface area contributed by atoms with Crippen LogP contribution in [0.4, 0.5) is 0 Å². The summed E-state index contributed by atoms with van der Waals surface area (Å²) in [6.45, 7) is 2.55. The average Bonchev–Trinajstić information content (AvgIpc) is 3.06. The molecule has 0 unspecified atom stereocenters. The highest BCUT2D eigenvalue weighted by atomic mass is 32.1. The first-order valence-electron chi connectivity index (χ1n) is 7.76. The maximum absolute atomic E-state index is 12.1. The van der Waals surface area contributed by atoms with Gasteiger partial charge in [0.05, 0.1) is 4.88 Å². The van der Waals surface area contributed by atoms with Crippen LogP contribution in [-0.2, 0) is 6.61 Å². The predicted octanol–water partition coefficient (Wildman–Crippen LogP) is 5.53. The Kier molecular flexibility index (Phi) is 5.24. The Morgan fingerprint density at radius 3 is 2.42 bits per heavy atom. The van der Waals surface area contributed by atoms with Crippen molar-refractivity contribution in [2.24, 2.45) is 0 Å². The molecular weight excluding hydrogens is 316 g/mol. The Labute approximate surface area is 146 Å². The highest BCUT2D eigenvalue weighted by molar-refractivity contribution is 7.14. The van der Waals surface area contributed by atoms with Crippen molar-refractivity contribution >= 4 is 23.2 Å². The van der Waals surface area contributed by atoms with E-state index in [9.17, 15) is 4.79 Å². The van der Waals surface area contributed by atoms with Crippen molar-refractivity contribution in [1.82, 2.24) is 0 Å². The first-order valence-corrected chi connectivity index (χ1v) is 8.58. The Bertz CT molecular complexity index is 830. The molecule has 0 aliphatic carbocycles. The lowest BCUT2D eigenvalue weighted by molar-refractivity contribution is 0.105. The quantitative estimate of drug-likeness (QED) is 0.437. The van der Waals surface area contributed by atoms with Gasteiger partial charge in [0.25, 0.3) is 0 Å². The van der Waals surface area contributed by atoms with Crippen LogP contribution >= 0.6 is 11.3 Å². The van der Waals surface area contributed by atoms with Crippen LogP contribution in [0.3, 0.4) is 0 Å². The van der Waals surface area contributed by atoms with Gasteiger partial charge < -0.3 is 4.74 Å². The van der Waals surface area contributed by atoms with Gasteiger partial charge in [-0.2, -0.15) is 0 Å². The molecule has 3 aromatic rings. The molecule has 0 radical (unpaired) electrons. The standard InChI is InChI=1S/C21H18O2S/c1-16-7-14-21(24-16)20(22)13-10-17-8-11-19(12-9-17)23-15-18-5-3-2-4-6-18/h2-14H,15H2,1H3/b13-10+. The van der Waals surface area contributed by atoms with Gasteiger partial charge in [0.15, 0.2) is 5.78 Å². The van der Waals surface area contributed by atoms with Gasteiger partial charge in [0.2, 0.25) is 0 Å². The molecule has 2 aromatic carbocycles. The van der Waals surface area contributed by atoms with Crippen LogP contribution in [0, 0.1) is 6.92 Å². The van der Waals surface area contributed by atoms with Gasteiger partial charge in [-0.05, 0) is 48.4 Å². The number of benzene rings is 2. The molecule has 0 N–H and O–H groups in total. The van der Waals surface area contributed by atoms with Crippen molar-refractivity contribution in [3.05, 3.63) is 93.7 Å². The molecular formula is C21H18O2S. The fraction of sp³-hybridized carbons (Fsp3) is 0.0952. The maximum Gasteiger partial charge on any atom is 0.195 e. The van der Waals surface area contributed by atoms with Gasteiger partial charge in [-0.25, -0.2) is 0 Å². The third-order valence-electron chi connectivity index (χ3n) is 3.54. The Morgan fingerprint density at radius 1 is 1.00 bits per heavy atom. The highest BCUT2D eigenvalue weighted by Crippen LogP contribution is 2.18. The summed E-state index contributed by atoms with van der Waals surface area (Å²) in [7, 11) is 0. The van der Waals surface area contributed by atoms with Crippen LogP contribution in [0.1, 0.15) is 25.7 Å². The minimum absolute atomic E-state index is 0.0394. The van der Waals surface area contributed by atoms with Crippen LogP contribution in [0.2, 0.25) is 0 Å². The zero-order chi connectivity index (χ0) is 16.8. The van der Waals surface area contributed by atoms with Gasteiger partial charge in [-0.3, -0.25) is 4.79 Å². The fourth-order valence-corrected chi connectivity index (χ4v) is 3.02. The summed E-state index contributed by atoms with van der Waals surface area (Å²) in [6.07, 6.45) is 3.45. The molecule has 3 heteroatoms. The van der Waals surface area contributed by atoms with E-state index in [1.54, 1.807) is 6.08 Å². The van der Waals surface area contributed by atoms with Gasteiger partial charge in [-0.15, -0.1) is 11.3 Å². The topological polar surface area (TPSA) is 26.3 Å². The normalized spacial score (nSPS) is 10.9. The predicted molar refractivity (Wildman–Crippen MR) is 99.6 cm³/mol. The van der Waals surface area contributed by atoms with Crippen LogP contribution in [0.15, 0.2) is 72.8 Å². The van der Waals surface area contributed by atoms with Crippen molar-refractivity contribution in [3.8, 4) is 5.75 Å². The number of carbonyl (C=O) groups is 1. The van der Waals surface area contributed by atoms with Gasteiger partial charge >= 0.3 is 0 Å². The van der Waals surface area contributed by atoms with Crippen molar-refractivity contribution in [2.75, 3.05) is 0 Å². The maximum atomic E-state index is 12.1. The number of ketones is 1. The molecule has 1 heterocycles. The fourth-order valence-electron chi connectivity index (χ4n) is 2.24. The Morgan fingerprint density at radius 2 is 1.75 bits per heavy atom. The zero-order valence-electron chi connectivity index (χ0n) is 13.4. The number of allylic oxidation sites excluding steroid dienone is 1. The molecule has 1 aromatic heterocycles. The molecule has 0 aliphatic heterocycles. The number of aryl methyl sites for hydroxylation is 1. The summed E-state index contributed by atoms with van der Waals surface area (Å²) >= 11 is 1.52. The Balaban J connectivity index is 1.58. The van der Waals surface area contributed by atoms with E-state index in [1.807, 2.05) is 79.7 Å². The van der Waals surface area contributed by atoms with E-state index in [4.69, 9.17) is 4.74 Å². The summed E-state index contributed by atoms with van der Waals surface area (Å²) < 4.78 is 5.76. The zero-order valence-corrected chi connectivity index (χ0v) is 14.3. The van der Waals surface area contributed by atoms with E-state index in [2.05, 4.69) is 0 Å². The van der Waals surface area contributed by atoms with E-state index in [0.717, 1.165) is 26.6 Å². The summed E-state index contributed by atoms with van der Waals surface area (Å²) in [5.74, 6) is 0.855. The smallest absolute Gasteiger partial charge is 0.195 e. The number of ether oxygens (including phenoxy) is 1. The van der Waals surface area contributed by atoms with E-state index < -0.39 is 0 Å². The monoisotopic (exact) mass is 334 g/mol. The van der Waals surface area contributed by atoms with Gasteiger partial charge in [0, 0.05) is 4.88 Å². The Hall–Kier alpha value is -2.65. The van der Waals surface area contributed by atoms with Crippen molar-refractivity contribution in [1.29, 1.82) is 0 Å². The second kappa shape index (κ2) is 7.75. The number of thiophene rings is 1. The summed E-state index contributed by atoms with van der Waals surface area (Å²) in [6, 6.07) is 21.6. The minimum Gasteiger partial charge on any atom is -0.489 e. The van der Waals surface area contributed by atoms with Crippen LogP contribution in [-0.4, -0.2) is 5.78 Å². The van der Waals surface area contributed by atoms with Crippen molar-refractivity contribution in [3.63, 3.8) is 0 Å². The molecule has 2 nitrogen and oxygen atoms in total. The SMILES string of the molecule is Cc1ccc(C(=O)/C=C/c2ccc(OCc3ccccc3)cc2)s1. The molecule has 0 saturated carbocycles. The molecule has 0 saturated heterocycles. The average molecular weight is 334 g/mol. The van der Waals surface area contributed by atoms with Crippen LogP contribution in [0.25, 0.3) is 6.08 Å². The number of hydrogen-bond donors (Lipinski definition) is 0. The molecule has 0 bridgehead atoms. The molecule has 24 heavy (non-hydrogen) atoms. The molecule has 120 valence electrons. The van der Waals surface area contributed by atoms with Crippen molar-refractivity contribution in [2.45, 2.75) is 13.5 Å². The third-order valence-corrected chi connectivity index (χ3v) is 4.55. The first-order chi connectivity index (χ1) is 11.7. The largest absolute Gasteiger partial charge is 0.489 e. The van der Waals surface area contributed by atoms with E-state index in [-0.39, 0.29) is 5.78 Å². The van der Waals surface area contributed by atoms with E-state index in [1.165, 1.54) is 11.3 Å². The lowest BCUT2D eigenvalue weighted by atomic mass is 10.2. The number of rotatable bonds is 6. The van der Waals surface area contributed by atoms with E-state index in [0.29, 0.717) is 6.61 Å². The van der Waals surface area contributed by atoms with Crippen molar-refractivity contribution < 1.29 is 9.53 Å². The lowest BCUT2D eigenvalue weighted by Gasteiger charge is -2.06. The number of carbonyl (C=O) groups excluding carboxylic acids is 1. The molecule has 0 atom stereocenters. The second-order valence-electron chi connectivity index (χ2n) is 5.45. The summed E-state index contributed by atoms with van der Waals surface area (Å²) in [4.78, 5) is 14.0. The lowest BCUT2D eigenvalue weighted by Crippen LogP contribution is -1.94. The highest BCUT2D eigenvalue weighted by Gasteiger charge is 2.04. The first kappa shape index (κ1) is 16.2. The molecule has 0 amide bonds. The van der Waals surface area contributed by atoms with Crippen LogP contribution in [0.5, 0.6) is 5.75 Å². The van der Waals surface area contributed by atoms with Gasteiger partial charge in [-0.1, -0.05) is 48.5 Å². The summed E-state index contributed by atoms with van der Waals surface area (Å²) in [5, 5.41) is 0. The summed E-state index contributed by atoms with van der Waals surface area (Å²) in [5.41, 5.74) is 2.11. The van der Waals surface area contributed by atoms with Gasteiger partial charge in [0.1, 0.15) is 12.4 Å². The second-order valence-corrected chi connectivity index (χ2v) is 6.74. The third kappa shape index (κ3) is 4.43. The minimum atomic E-state index is 0.0394. The molecule has 3 rings (SSSR count). The molecule has 0 spiro atoms. The molecule has 0 aliphatic rings.